The van der Waals surface area contributed by atoms with Crippen LogP contribution in [0.25, 0.3) is 0 Å². The van der Waals surface area contributed by atoms with Crippen LogP contribution >= 0.6 is 0 Å². The number of carbonyl (C=O) groups excluding carboxylic acids is 6. The SMILES string of the molecule is C=CCNC(=O)C(=O)C(CCC)NC(=O)[C@@H]1CCCN1C(=O)[C@@H](NC(=O)N[C@H](CN1CCCN(C)C1=O)C(C)(C)C)C1CCCCC1. The maximum absolute atomic E-state index is 14.3. The Hall–Kier alpha value is -3.64. The van der Waals surface area contributed by atoms with Gasteiger partial charge in [0, 0.05) is 39.8 Å². The lowest BCUT2D eigenvalue weighted by atomic mass is 9.83. The summed E-state index contributed by atoms with van der Waals surface area (Å²) >= 11 is 0. The van der Waals surface area contributed by atoms with Gasteiger partial charge in [0.05, 0.1) is 12.1 Å². The van der Waals surface area contributed by atoms with Gasteiger partial charge in [0.2, 0.25) is 17.6 Å². The summed E-state index contributed by atoms with van der Waals surface area (Å²) in [5, 5.41) is 11.3. The van der Waals surface area contributed by atoms with E-state index in [1.807, 2.05) is 27.7 Å². The molecule has 0 bridgehead atoms. The van der Waals surface area contributed by atoms with Crippen molar-refractivity contribution in [1.29, 1.82) is 0 Å². The molecule has 4 N–H and O–H groups in total. The predicted molar refractivity (Wildman–Crippen MR) is 179 cm³/mol. The summed E-state index contributed by atoms with van der Waals surface area (Å²) in [5.41, 5.74) is -0.370. The van der Waals surface area contributed by atoms with E-state index < -0.39 is 41.8 Å². The van der Waals surface area contributed by atoms with Crippen LogP contribution in [0.3, 0.4) is 0 Å². The number of hydrogen-bond acceptors (Lipinski definition) is 6. The van der Waals surface area contributed by atoms with Gasteiger partial charge in [-0.3, -0.25) is 19.2 Å². The number of ketones is 1. The fourth-order valence-corrected chi connectivity index (χ4v) is 6.76. The van der Waals surface area contributed by atoms with E-state index >= 15 is 0 Å². The van der Waals surface area contributed by atoms with Gasteiger partial charge >= 0.3 is 12.1 Å². The number of nitrogens with zero attached hydrogens (tertiary/aromatic N) is 3. The zero-order chi connectivity index (χ0) is 34.7. The van der Waals surface area contributed by atoms with Crippen molar-refractivity contribution in [2.45, 2.75) is 116 Å². The molecule has 2 aliphatic heterocycles. The molecular formula is C34H57N7O6. The lowest BCUT2D eigenvalue weighted by Gasteiger charge is -2.40. The van der Waals surface area contributed by atoms with Crippen LogP contribution in [-0.2, 0) is 19.2 Å². The van der Waals surface area contributed by atoms with Gasteiger partial charge in [0.25, 0.3) is 5.91 Å². The Kier molecular flexibility index (Phi) is 14.1. The predicted octanol–water partition coefficient (Wildman–Crippen LogP) is 2.55. The Labute approximate surface area is 280 Å². The minimum atomic E-state index is -1.01. The number of carbonyl (C=O) groups is 6. The van der Waals surface area contributed by atoms with Crippen molar-refractivity contribution < 1.29 is 28.8 Å². The van der Waals surface area contributed by atoms with Crippen molar-refractivity contribution in [2.24, 2.45) is 11.3 Å². The highest BCUT2D eigenvalue weighted by Crippen LogP contribution is 2.30. The maximum Gasteiger partial charge on any atom is 0.319 e. The van der Waals surface area contributed by atoms with E-state index in [1.54, 1.807) is 16.8 Å². The summed E-state index contributed by atoms with van der Waals surface area (Å²) in [6.07, 6.45) is 8.72. The number of rotatable bonds is 14. The molecule has 3 rings (SSSR count). The lowest BCUT2D eigenvalue weighted by Crippen LogP contribution is -2.61. The van der Waals surface area contributed by atoms with Crippen LogP contribution in [0.5, 0.6) is 0 Å². The number of urea groups is 2. The maximum atomic E-state index is 14.3. The zero-order valence-electron chi connectivity index (χ0n) is 29.1. The average molecular weight is 660 g/mol. The third kappa shape index (κ3) is 10.4. The molecule has 47 heavy (non-hydrogen) atoms. The first kappa shape index (κ1) is 37.8. The molecule has 0 radical (unpaired) electrons. The topological polar surface area (TPSA) is 160 Å². The van der Waals surface area contributed by atoms with Gasteiger partial charge in [0.15, 0.2) is 0 Å². The first-order valence-electron chi connectivity index (χ1n) is 17.4. The van der Waals surface area contributed by atoms with Gasteiger partial charge in [-0.15, -0.1) is 6.58 Å². The Bertz CT molecular complexity index is 1150. The summed E-state index contributed by atoms with van der Waals surface area (Å²) in [7, 11) is 1.77. The van der Waals surface area contributed by atoms with Crippen molar-refractivity contribution in [3.8, 4) is 0 Å². The molecule has 3 aliphatic rings. The standard InChI is InChI=1S/C34H57N7O6/c1-7-14-24(28(42)30(44)35-18-8-2)36-29(43)25-17-12-21-41(25)31(45)27(23-15-10-9-11-16-23)38-32(46)37-26(34(3,4)5)22-40-20-13-19-39(6)33(40)47/h8,23-27H,2,7,9-22H2,1,3-6H3,(H,35,44)(H,36,43)(H2,37,38,46)/t24?,25-,26+,27-/m0/s1. The summed E-state index contributed by atoms with van der Waals surface area (Å²) in [6, 6.07) is -3.57. The molecule has 0 aromatic heterocycles. The molecule has 4 atom stereocenters. The van der Waals surface area contributed by atoms with Crippen LogP contribution < -0.4 is 21.3 Å². The average Bonchev–Trinajstić information content (AvgIpc) is 3.53. The van der Waals surface area contributed by atoms with Gasteiger partial charge in [-0.2, -0.15) is 0 Å². The molecular weight excluding hydrogens is 602 g/mol. The molecule has 13 heteroatoms. The van der Waals surface area contributed by atoms with E-state index in [9.17, 15) is 28.8 Å². The van der Waals surface area contributed by atoms with Crippen LogP contribution in [0.1, 0.15) is 91.9 Å². The van der Waals surface area contributed by atoms with Crippen LogP contribution in [0.4, 0.5) is 9.59 Å². The van der Waals surface area contributed by atoms with E-state index in [4.69, 9.17) is 0 Å². The van der Waals surface area contributed by atoms with Crippen molar-refractivity contribution >= 4 is 35.6 Å². The Morgan fingerprint density at radius 2 is 1.64 bits per heavy atom. The first-order valence-corrected chi connectivity index (χ1v) is 17.4. The highest BCUT2D eigenvalue weighted by atomic mass is 16.2. The fourth-order valence-electron chi connectivity index (χ4n) is 6.76. The van der Waals surface area contributed by atoms with Gasteiger partial charge in [-0.05, 0) is 49.9 Å². The minimum absolute atomic E-state index is 0.0680. The summed E-state index contributed by atoms with van der Waals surface area (Å²) in [4.78, 5) is 84.4. The van der Waals surface area contributed by atoms with E-state index in [0.29, 0.717) is 45.4 Å². The molecule has 2 heterocycles. The van der Waals surface area contributed by atoms with Gasteiger partial charge < -0.3 is 36.0 Å². The first-order chi connectivity index (χ1) is 22.3. The van der Waals surface area contributed by atoms with Crippen molar-refractivity contribution in [3.05, 3.63) is 12.7 Å². The highest BCUT2D eigenvalue weighted by molar-refractivity contribution is 6.38. The Balaban J connectivity index is 1.75. The summed E-state index contributed by atoms with van der Waals surface area (Å²) < 4.78 is 0. The summed E-state index contributed by atoms with van der Waals surface area (Å²) in [5.74, 6) is -2.40. The smallest absolute Gasteiger partial charge is 0.319 e. The number of Topliss-reactive ketones (excluding diaryl/α,β-unsaturated/α-hetero) is 1. The monoisotopic (exact) mass is 659 g/mol. The quantitative estimate of drug-likeness (QED) is 0.166. The molecule has 13 nitrogen and oxygen atoms in total. The van der Waals surface area contributed by atoms with E-state index in [1.165, 1.54) is 11.0 Å². The third-order valence-corrected chi connectivity index (χ3v) is 9.63. The number of amides is 7. The van der Waals surface area contributed by atoms with Gasteiger partial charge in [-0.25, -0.2) is 9.59 Å². The number of hydrogen-bond donors (Lipinski definition) is 4. The van der Waals surface area contributed by atoms with Crippen molar-refractivity contribution in [2.75, 3.05) is 39.8 Å². The van der Waals surface area contributed by atoms with Crippen LogP contribution in [0.15, 0.2) is 12.7 Å². The fraction of sp³-hybridized carbons (Fsp3) is 0.765. The van der Waals surface area contributed by atoms with Gasteiger partial charge in [-0.1, -0.05) is 59.5 Å². The lowest BCUT2D eigenvalue weighted by molar-refractivity contribution is -0.143. The Morgan fingerprint density at radius 1 is 0.936 bits per heavy atom. The van der Waals surface area contributed by atoms with Gasteiger partial charge in [0.1, 0.15) is 12.1 Å². The van der Waals surface area contributed by atoms with Crippen LogP contribution in [0.2, 0.25) is 0 Å². The zero-order valence-corrected chi connectivity index (χ0v) is 29.1. The molecule has 1 aliphatic carbocycles. The van der Waals surface area contributed by atoms with E-state index in [2.05, 4.69) is 27.8 Å². The van der Waals surface area contributed by atoms with Crippen molar-refractivity contribution in [1.82, 2.24) is 36.0 Å². The highest BCUT2D eigenvalue weighted by Gasteiger charge is 2.42. The van der Waals surface area contributed by atoms with Crippen LogP contribution in [0, 0.1) is 11.3 Å². The molecule has 1 unspecified atom stereocenters. The van der Waals surface area contributed by atoms with E-state index in [0.717, 1.165) is 38.5 Å². The molecule has 0 aromatic rings. The number of likely N-dealkylation sites (tertiary alicyclic amines) is 1. The van der Waals surface area contributed by atoms with Crippen LogP contribution in [-0.4, -0.2) is 114 Å². The largest absolute Gasteiger partial charge is 0.346 e. The molecule has 3 fully saturated rings. The minimum Gasteiger partial charge on any atom is -0.346 e. The molecule has 2 saturated heterocycles. The normalized spacial score (nSPS) is 21.0. The Morgan fingerprint density at radius 3 is 2.28 bits per heavy atom. The molecule has 264 valence electrons. The second-order valence-electron chi connectivity index (χ2n) is 14.3. The third-order valence-electron chi connectivity index (χ3n) is 9.63. The molecule has 0 aromatic carbocycles. The second kappa shape index (κ2) is 17.5. The summed E-state index contributed by atoms with van der Waals surface area (Å²) in [6.45, 7) is 13.6. The molecule has 1 saturated carbocycles. The van der Waals surface area contributed by atoms with Crippen molar-refractivity contribution in [3.63, 3.8) is 0 Å². The molecule has 7 amide bonds. The van der Waals surface area contributed by atoms with E-state index in [-0.39, 0.29) is 42.3 Å². The second-order valence-corrected chi connectivity index (χ2v) is 14.3. The molecule has 0 spiro atoms. The number of nitrogens with one attached hydrogen (secondary N) is 4.